The van der Waals surface area contributed by atoms with Gasteiger partial charge in [-0.2, -0.15) is 4.31 Å². The lowest BCUT2D eigenvalue weighted by Gasteiger charge is -2.38. The molecule has 2 aromatic rings. The summed E-state index contributed by atoms with van der Waals surface area (Å²) < 4.78 is 51.8. The zero-order chi connectivity index (χ0) is 24.6. The first-order valence-electron chi connectivity index (χ1n) is 11.1. The molecule has 0 bridgehead atoms. The van der Waals surface area contributed by atoms with Crippen LogP contribution >= 0.6 is 0 Å². The van der Waals surface area contributed by atoms with Gasteiger partial charge in [-0.05, 0) is 73.6 Å². The van der Waals surface area contributed by atoms with Crippen molar-refractivity contribution in [1.29, 1.82) is 0 Å². The van der Waals surface area contributed by atoms with E-state index in [4.69, 9.17) is 9.47 Å². The van der Waals surface area contributed by atoms with Crippen LogP contribution in [0.25, 0.3) is 0 Å². The minimum absolute atomic E-state index is 0.00180. The molecule has 0 radical (unpaired) electrons. The lowest BCUT2D eigenvalue weighted by molar-refractivity contribution is -0.136. The maximum Gasteiger partial charge on any atom is 0.262 e. The van der Waals surface area contributed by atoms with Crippen molar-refractivity contribution in [2.45, 2.75) is 49.3 Å². The van der Waals surface area contributed by atoms with Gasteiger partial charge in [0.1, 0.15) is 18.5 Å². The molecule has 34 heavy (non-hydrogen) atoms. The first-order valence-corrected chi connectivity index (χ1v) is 12.5. The van der Waals surface area contributed by atoms with E-state index < -0.39 is 28.6 Å². The number of nitrogens with one attached hydrogen (secondary N) is 1. The lowest BCUT2D eigenvalue weighted by atomic mass is 9.82. The van der Waals surface area contributed by atoms with Gasteiger partial charge in [0.15, 0.2) is 0 Å². The van der Waals surface area contributed by atoms with Gasteiger partial charge in [-0.15, -0.1) is 0 Å². The predicted octanol–water partition coefficient (Wildman–Crippen LogP) is 2.70. The van der Waals surface area contributed by atoms with Gasteiger partial charge in [0.2, 0.25) is 10.0 Å². The molecule has 1 aromatic carbocycles. The third-order valence-corrected chi connectivity index (χ3v) is 7.88. The van der Waals surface area contributed by atoms with Crippen LogP contribution in [-0.2, 0) is 26.1 Å². The number of aromatic nitrogens is 1. The standard InChI is InChI=1S/C23H30FN3O6S/c1-32-19-6-8-21(9-7-19)34(30,31)27(16-17-10-13-25-14-11-17)22(23(28)26-29)18-2-4-20(5-3-18)33-15-12-24/h6-11,13-14,18,20,22,29H,2-5,12,15-16H2,1H3,(H,26,28). The molecule has 186 valence electrons. The van der Waals surface area contributed by atoms with Crippen molar-refractivity contribution >= 4 is 15.9 Å². The van der Waals surface area contributed by atoms with Crippen LogP contribution < -0.4 is 10.2 Å². The molecule has 0 saturated heterocycles. The summed E-state index contributed by atoms with van der Waals surface area (Å²) >= 11 is 0. The molecular weight excluding hydrogens is 465 g/mol. The molecule has 1 aliphatic rings. The molecule has 11 heteroatoms. The molecule has 1 unspecified atom stereocenters. The molecule has 1 amide bonds. The molecule has 9 nitrogen and oxygen atoms in total. The maximum atomic E-state index is 13.8. The molecule has 0 aliphatic heterocycles. The van der Waals surface area contributed by atoms with E-state index in [0.29, 0.717) is 37.0 Å². The van der Waals surface area contributed by atoms with Crippen LogP contribution in [0.2, 0.25) is 0 Å². The molecule has 1 atom stereocenters. The van der Waals surface area contributed by atoms with Crippen molar-refractivity contribution in [1.82, 2.24) is 14.8 Å². The fraction of sp³-hybridized carbons (Fsp3) is 0.478. The fourth-order valence-electron chi connectivity index (χ4n) is 4.31. The van der Waals surface area contributed by atoms with Crippen molar-refractivity contribution in [3.8, 4) is 5.75 Å². The Morgan fingerprint density at radius 3 is 2.38 bits per heavy atom. The first-order chi connectivity index (χ1) is 16.4. The zero-order valence-electron chi connectivity index (χ0n) is 19.0. The van der Waals surface area contributed by atoms with Crippen LogP contribution in [0.4, 0.5) is 4.39 Å². The highest BCUT2D eigenvalue weighted by Crippen LogP contribution is 2.34. The summed E-state index contributed by atoms with van der Waals surface area (Å²) in [5.41, 5.74) is 2.30. The number of carbonyl (C=O) groups is 1. The number of rotatable bonds is 11. The number of nitrogens with zero attached hydrogens (tertiary/aromatic N) is 2. The first kappa shape index (κ1) is 26.0. The number of hydrogen-bond acceptors (Lipinski definition) is 7. The summed E-state index contributed by atoms with van der Waals surface area (Å²) in [4.78, 5) is 16.9. The van der Waals surface area contributed by atoms with Crippen LogP contribution in [-0.4, -0.2) is 61.4 Å². The number of hydroxylamine groups is 1. The third kappa shape index (κ3) is 6.29. The van der Waals surface area contributed by atoms with Crippen molar-refractivity contribution in [2.75, 3.05) is 20.4 Å². The summed E-state index contributed by atoms with van der Waals surface area (Å²) in [5.74, 6) is -0.678. The molecule has 1 fully saturated rings. The Bertz CT molecular complexity index is 1010. The van der Waals surface area contributed by atoms with Crippen molar-refractivity contribution in [2.24, 2.45) is 5.92 Å². The Labute approximate surface area is 198 Å². The highest BCUT2D eigenvalue weighted by Gasteiger charge is 2.42. The quantitative estimate of drug-likeness (QED) is 0.363. The van der Waals surface area contributed by atoms with E-state index in [1.165, 1.54) is 31.4 Å². The molecule has 2 N–H and O–H groups in total. The van der Waals surface area contributed by atoms with Gasteiger partial charge in [-0.3, -0.25) is 15.0 Å². The van der Waals surface area contributed by atoms with Gasteiger partial charge >= 0.3 is 0 Å². The number of carbonyl (C=O) groups excluding carboxylic acids is 1. The Hall–Kier alpha value is -2.60. The largest absolute Gasteiger partial charge is 0.497 e. The minimum atomic E-state index is -4.15. The monoisotopic (exact) mass is 495 g/mol. The smallest absolute Gasteiger partial charge is 0.262 e. The second kappa shape index (κ2) is 12.2. The third-order valence-electron chi connectivity index (χ3n) is 6.04. The van der Waals surface area contributed by atoms with E-state index in [1.54, 1.807) is 30.0 Å². The van der Waals surface area contributed by atoms with Crippen molar-refractivity contribution in [3.63, 3.8) is 0 Å². The number of methoxy groups -OCH3 is 1. The van der Waals surface area contributed by atoms with E-state index in [-0.39, 0.29) is 30.1 Å². The van der Waals surface area contributed by atoms with Gasteiger partial charge in [-0.25, -0.2) is 18.3 Å². The Morgan fingerprint density at radius 2 is 1.82 bits per heavy atom. The SMILES string of the molecule is COc1ccc(S(=O)(=O)N(Cc2ccncc2)C(C(=O)NO)C2CCC(OCCF)CC2)cc1. The van der Waals surface area contributed by atoms with Crippen LogP contribution in [0, 0.1) is 5.92 Å². The normalized spacial score (nSPS) is 19.5. The zero-order valence-corrected chi connectivity index (χ0v) is 19.8. The van der Waals surface area contributed by atoms with Gasteiger partial charge in [-0.1, -0.05) is 0 Å². The van der Waals surface area contributed by atoms with Crippen LogP contribution in [0.1, 0.15) is 31.2 Å². The number of ether oxygens (including phenoxy) is 2. The van der Waals surface area contributed by atoms with E-state index in [2.05, 4.69) is 4.98 Å². The number of sulfonamides is 1. The average molecular weight is 496 g/mol. The summed E-state index contributed by atoms with van der Waals surface area (Å²) in [5, 5.41) is 9.51. The minimum Gasteiger partial charge on any atom is -0.497 e. The van der Waals surface area contributed by atoms with Crippen LogP contribution in [0.15, 0.2) is 53.7 Å². The highest BCUT2D eigenvalue weighted by atomic mass is 32.2. The molecule has 0 spiro atoms. The topological polar surface area (TPSA) is 118 Å². The van der Waals surface area contributed by atoms with E-state index in [1.807, 2.05) is 0 Å². The van der Waals surface area contributed by atoms with E-state index >= 15 is 0 Å². The van der Waals surface area contributed by atoms with Crippen LogP contribution in [0.3, 0.4) is 0 Å². The predicted molar refractivity (Wildman–Crippen MR) is 121 cm³/mol. The number of alkyl halides is 1. The summed E-state index contributed by atoms with van der Waals surface area (Å²) in [6.45, 7) is -0.654. The maximum absolute atomic E-state index is 13.8. The molecule has 1 aromatic heterocycles. The Balaban J connectivity index is 1.96. The van der Waals surface area contributed by atoms with Gasteiger partial charge in [0, 0.05) is 18.9 Å². The summed E-state index contributed by atoms with van der Waals surface area (Å²) in [7, 11) is -2.67. The second-order valence-corrected chi connectivity index (χ2v) is 9.99. The van der Waals surface area contributed by atoms with E-state index in [0.717, 1.165) is 4.31 Å². The molecular formula is C23H30FN3O6S. The van der Waals surface area contributed by atoms with Gasteiger partial charge in [0.05, 0.1) is 24.7 Å². The summed E-state index contributed by atoms with van der Waals surface area (Å²) in [6.07, 6.45) is 5.04. The van der Waals surface area contributed by atoms with Gasteiger partial charge < -0.3 is 9.47 Å². The van der Waals surface area contributed by atoms with E-state index in [9.17, 15) is 22.8 Å². The number of hydrogen-bond donors (Lipinski definition) is 2. The average Bonchev–Trinajstić information content (AvgIpc) is 2.88. The van der Waals surface area contributed by atoms with Gasteiger partial charge in [0.25, 0.3) is 5.91 Å². The lowest BCUT2D eigenvalue weighted by Crippen LogP contribution is -2.53. The van der Waals surface area contributed by atoms with Crippen molar-refractivity contribution in [3.05, 3.63) is 54.4 Å². The number of amides is 1. The van der Waals surface area contributed by atoms with Crippen LogP contribution in [0.5, 0.6) is 5.75 Å². The molecule has 1 saturated carbocycles. The fourth-order valence-corrected chi connectivity index (χ4v) is 5.95. The second-order valence-electron chi connectivity index (χ2n) is 8.10. The highest BCUT2D eigenvalue weighted by molar-refractivity contribution is 7.89. The number of pyridine rings is 1. The molecule has 1 aliphatic carbocycles. The molecule has 1 heterocycles. The Morgan fingerprint density at radius 1 is 1.18 bits per heavy atom. The number of halogens is 1. The summed E-state index contributed by atoms with van der Waals surface area (Å²) in [6, 6.07) is 8.09. The Kier molecular flexibility index (Phi) is 9.34. The van der Waals surface area contributed by atoms with Crippen molar-refractivity contribution < 1.29 is 32.3 Å². The number of benzene rings is 1. The molecule has 3 rings (SSSR count).